The van der Waals surface area contributed by atoms with E-state index in [9.17, 15) is 28.3 Å². The molecule has 0 saturated carbocycles. The minimum absolute atomic E-state index is 0.0137. The monoisotopic (exact) mass is 487 g/mol. The van der Waals surface area contributed by atoms with Gasteiger partial charge in [0.15, 0.2) is 11.4 Å². The Morgan fingerprint density at radius 3 is 2.83 bits per heavy atom. The van der Waals surface area contributed by atoms with E-state index in [0.717, 1.165) is 6.07 Å². The van der Waals surface area contributed by atoms with Crippen LogP contribution in [0.5, 0.6) is 5.75 Å². The molecule has 0 unspecified atom stereocenters. The van der Waals surface area contributed by atoms with Crippen LogP contribution in [0.1, 0.15) is 59.1 Å². The number of aromatic hydroxyl groups is 1. The Bertz CT molecular complexity index is 1340. The number of nitrogens with one attached hydrogen (secondary N) is 2. The summed E-state index contributed by atoms with van der Waals surface area (Å²) in [6.07, 6.45) is 2.22. The van der Waals surface area contributed by atoms with Gasteiger partial charge in [-0.05, 0) is 26.3 Å². The first-order valence-corrected chi connectivity index (χ1v) is 11.1. The molecule has 2 bridgehead atoms. The summed E-state index contributed by atoms with van der Waals surface area (Å²) in [4.78, 5) is 51.1. The van der Waals surface area contributed by atoms with Crippen LogP contribution in [-0.2, 0) is 11.4 Å². The molecule has 3 aliphatic heterocycles. The van der Waals surface area contributed by atoms with Crippen LogP contribution in [-0.4, -0.2) is 50.5 Å². The number of nitrogens with zero attached hydrogens (tertiary/aromatic N) is 3. The summed E-state index contributed by atoms with van der Waals surface area (Å²) in [5.41, 5.74) is -0.0722. The van der Waals surface area contributed by atoms with Gasteiger partial charge in [0, 0.05) is 43.4 Å². The highest BCUT2D eigenvalue weighted by atomic mass is 19.1. The molecule has 10 nitrogen and oxygen atoms in total. The molecule has 1 aromatic heterocycles. The predicted octanol–water partition coefficient (Wildman–Crippen LogP) is 1.59. The Hall–Kier alpha value is -3.80. The van der Waals surface area contributed by atoms with E-state index in [-0.39, 0.29) is 30.4 Å². The minimum Gasteiger partial charge on any atom is -0.503 e. The van der Waals surface area contributed by atoms with Crippen LogP contribution in [0.15, 0.2) is 34.2 Å². The Kier molecular flexibility index (Phi) is 5.35. The van der Waals surface area contributed by atoms with Crippen molar-refractivity contribution >= 4 is 17.6 Å². The number of hydrogen-bond donors (Lipinski definition) is 3. The lowest BCUT2D eigenvalue weighted by Crippen LogP contribution is -2.52. The number of aliphatic imine (C=N–C) groups is 1. The number of amides is 2. The molecular formula is C23H23F2N5O5. The highest BCUT2D eigenvalue weighted by molar-refractivity contribution is 5.99. The molecule has 1 saturated heterocycles. The summed E-state index contributed by atoms with van der Waals surface area (Å²) >= 11 is 0. The van der Waals surface area contributed by atoms with E-state index < -0.39 is 52.0 Å². The maximum atomic E-state index is 14.0. The molecule has 3 atom stereocenters. The second kappa shape index (κ2) is 8.15. The molecule has 5 rings (SSSR count). The van der Waals surface area contributed by atoms with Crippen LogP contribution in [0.4, 0.5) is 8.78 Å². The van der Waals surface area contributed by atoms with Crippen molar-refractivity contribution in [2.24, 2.45) is 4.99 Å². The summed E-state index contributed by atoms with van der Waals surface area (Å²) < 4.78 is 28.5. The van der Waals surface area contributed by atoms with Gasteiger partial charge in [0.05, 0.1) is 0 Å². The highest BCUT2D eigenvalue weighted by Crippen LogP contribution is 2.43. The van der Waals surface area contributed by atoms with Gasteiger partial charge in [-0.2, -0.15) is 0 Å². The molecule has 2 aromatic rings. The van der Waals surface area contributed by atoms with Gasteiger partial charge in [0.25, 0.3) is 11.8 Å². The predicted molar refractivity (Wildman–Crippen MR) is 119 cm³/mol. The molecule has 1 fully saturated rings. The average Bonchev–Trinajstić information content (AvgIpc) is 3.14. The van der Waals surface area contributed by atoms with E-state index in [0.29, 0.717) is 24.7 Å². The van der Waals surface area contributed by atoms with Crippen LogP contribution in [0, 0.1) is 11.6 Å². The number of fused-ring (bicyclic) bond motifs is 5. The smallest absolute Gasteiger partial charge is 0.274 e. The van der Waals surface area contributed by atoms with E-state index in [1.807, 2.05) is 6.92 Å². The van der Waals surface area contributed by atoms with E-state index in [2.05, 4.69) is 15.8 Å². The molecule has 12 heteroatoms. The van der Waals surface area contributed by atoms with Gasteiger partial charge in [-0.1, -0.05) is 6.07 Å². The zero-order valence-corrected chi connectivity index (χ0v) is 19.0. The van der Waals surface area contributed by atoms with Crippen LogP contribution in [0.2, 0.25) is 0 Å². The van der Waals surface area contributed by atoms with Crippen molar-refractivity contribution in [3.05, 3.63) is 63.1 Å². The summed E-state index contributed by atoms with van der Waals surface area (Å²) in [5, 5.41) is 13.2. The van der Waals surface area contributed by atoms with Crippen LogP contribution in [0.3, 0.4) is 0 Å². The van der Waals surface area contributed by atoms with Gasteiger partial charge in [-0.25, -0.2) is 18.6 Å². The molecule has 0 radical (unpaired) electrons. The highest BCUT2D eigenvalue weighted by Gasteiger charge is 2.53. The Balaban J connectivity index is 1.56. The first-order chi connectivity index (χ1) is 16.6. The molecule has 184 valence electrons. The van der Waals surface area contributed by atoms with E-state index >= 15 is 0 Å². The van der Waals surface area contributed by atoms with Gasteiger partial charge in [0.1, 0.15) is 29.1 Å². The number of carbonyl (C=O) groups is 2. The van der Waals surface area contributed by atoms with Crippen LogP contribution >= 0.6 is 0 Å². The normalized spacial score (nSPS) is 25.1. The minimum atomic E-state index is -1.12. The Morgan fingerprint density at radius 1 is 1.37 bits per heavy atom. The molecule has 2 amide bonds. The largest absolute Gasteiger partial charge is 0.503 e. The van der Waals surface area contributed by atoms with E-state index in [1.54, 1.807) is 11.8 Å². The molecule has 1 spiro atoms. The van der Waals surface area contributed by atoms with Crippen molar-refractivity contribution in [1.29, 1.82) is 0 Å². The summed E-state index contributed by atoms with van der Waals surface area (Å²) in [7, 11) is 0. The zero-order valence-electron chi connectivity index (χ0n) is 19.0. The number of benzene rings is 1. The van der Waals surface area contributed by atoms with Gasteiger partial charge in [0.2, 0.25) is 11.2 Å². The number of aromatic nitrogens is 1. The molecular weight excluding hydrogens is 464 g/mol. The van der Waals surface area contributed by atoms with Crippen LogP contribution < -0.4 is 16.2 Å². The number of rotatable bonds is 3. The standard InChI is InChI=1S/C23H23F2N5O5/c1-11-5-6-23(27-12(2)28-35-23)17-10-29(11)22(34)18-20(32)19(31)15(9-30(17)18)21(33)26-8-13-3-4-14(24)7-16(13)25/h3-4,7,9,11,17,32H,5-6,8,10H2,1-2H3,(H,26,33)(H,27,28)/t11-,17+,23+/m0/s1. The summed E-state index contributed by atoms with van der Waals surface area (Å²) in [6, 6.07) is 2.07. The number of halogens is 2. The lowest BCUT2D eigenvalue weighted by Gasteiger charge is -2.40. The second-order valence-corrected chi connectivity index (χ2v) is 9.00. The number of amidine groups is 1. The molecule has 1 aromatic carbocycles. The van der Waals surface area contributed by atoms with E-state index in [1.165, 1.54) is 16.8 Å². The first kappa shape index (κ1) is 23.0. The van der Waals surface area contributed by atoms with Gasteiger partial charge >= 0.3 is 0 Å². The Morgan fingerprint density at radius 2 is 2.14 bits per heavy atom. The van der Waals surface area contributed by atoms with E-state index in [4.69, 9.17) is 4.84 Å². The van der Waals surface area contributed by atoms with Gasteiger partial charge < -0.3 is 19.9 Å². The van der Waals surface area contributed by atoms with Crippen molar-refractivity contribution in [3.63, 3.8) is 0 Å². The van der Waals surface area contributed by atoms with Crippen molar-refractivity contribution in [3.8, 4) is 5.75 Å². The van der Waals surface area contributed by atoms with Crippen molar-refractivity contribution in [1.82, 2.24) is 20.3 Å². The molecule has 0 aliphatic carbocycles. The number of carbonyl (C=O) groups excluding carboxylic acids is 2. The van der Waals surface area contributed by atoms with Crippen molar-refractivity contribution in [2.45, 2.75) is 51.0 Å². The summed E-state index contributed by atoms with van der Waals surface area (Å²) in [5.74, 6) is -3.36. The maximum absolute atomic E-state index is 14.0. The molecule has 3 N–H and O–H groups in total. The SMILES string of the molecule is CC1=N[C@]2(CC[C@H](C)N3C[C@H]2n2cc(C(=O)NCc4ccc(F)cc4F)c(=O)c(O)c2C3=O)ON1. The number of hydroxylamine groups is 1. The van der Waals surface area contributed by atoms with Crippen molar-refractivity contribution < 1.29 is 28.3 Å². The second-order valence-electron chi connectivity index (χ2n) is 9.00. The fraction of sp³-hybridized carbons (Fsp3) is 0.391. The average molecular weight is 487 g/mol. The Labute approximate surface area is 198 Å². The quantitative estimate of drug-likeness (QED) is 0.604. The van der Waals surface area contributed by atoms with Crippen molar-refractivity contribution in [2.75, 3.05) is 6.54 Å². The topological polar surface area (TPSA) is 125 Å². The molecule has 3 aliphatic rings. The van der Waals surface area contributed by atoms with Gasteiger partial charge in [-0.15, -0.1) is 0 Å². The lowest BCUT2D eigenvalue weighted by atomic mass is 9.97. The third kappa shape index (κ3) is 3.64. The summed E-state index contributed by atoms with van der Waals surface area (Å²) in [6.45, 7) is 3.47. The first-order valence-electron chi connectivity index (χ1n) is 11.1. The maximum Gasteiger partial charge on any atom is 0.274 e. The third-order valence-corrected chi connectivity index (χ3v) is 6.78. The zero-order chi connectivity index (χ0) is 25.1. The lowest BCUT2D eigenvalue weighted by molar-refractivity contribution is -0.0939. The fourth-order valence-electron chi connectivity index (χ4n) is 4.89. The number of hydrogen-bond acceptors (Lipinski definition) is 7. The molecule has 35 heavy (non-hydrogen) atoms. The molecule has 4 heterocycles. The third-order valence-electron chi connectivity index (χ3n) is 6.78. The van der Waals surface area contributed by atoms with Crippen LogP contribution in [0.25, 0.3) is 0 Å². The fourth-order valence-corrected chi connectivity index (χ4v) is 4.89. The number of pyridine rings is 1. The van der Waals surface area contributed by atoms with Gasteiger partial charge in [-0.3, -0.25) is 19.9 Å².